The van der Waals surface area contributed by atoms with E-state index in [1.807, 2.05) is 16.8 Å². The van der Waals surface area contributed by atoms with Crippen molar-refractivity contribution >= 4 is 11.3 Å². The van der Waals surface area contributed by atoms with Gasteiger partial charge in [-0.3, -0.25) is 4.98 Å². The molecular weight excluding hydrogens is 252 g/mol. The molecule has 0 amide bonds. The van der Waals surface area contributed by atoms with E-state index < -0.39 is 0 Å². The molecule has 0 saturated heterocycles. The van der Waals surface area contributed by atoms with Crippen molar-refractivity contribution in [2.75, 3.05) is 13.6 Å². The minimum Gasteiger partial charge on any atom is -0.319 e. The highest BCUT2D eigenvalue weighted by molar-refractivity contribution is 7.09. The van der Waals surface area contributed by atoms with Crippen molar-refractivity contribution in [2.24, 2.45) is 16.7 Å². The third kappa shape index (κ3) is 3.79. The monoisotopic (exact) mass is 280 g/mol. The fourth-order valence-corrected chi connectivity index (χ4v) is 4.35. The number of rotatable bonds is 4. The van der Waals surface area contributed by atoms with Crippen molar-refractivity contribution in [1.82, 2.24) is 10.3 Å². The number of hydrogen-bond acceptors (Lipinski definition) is 3. The lowest BCUT2D eigenvalue weighted by Gasteiger charge is -2.44. The van der Waals surface area contributed by atoms with Crippen LogP contribution < -0.4 is 5.32 Å². The van der Waals surface area contributed by atoms with Crippen LogP contribution in [0, 0.1) is 16.7 Å². The maximum atomic E-state index is 4.23. The molecule has 0 atom stereocenters. The maximum absolute atomic E-state index is 4.23. The van der Waals surface area contributed by atoms with E-state index in [2.05, 4.69) is 44.3 Å². The lowest BCUT2D eigenvalue weighted by Crippen LogP contribution is -2.40. The summed E-state index contributed by atoms with van der Waals surface area (Å²) in [5.41, 5.74) is 2.89. The van der Waals surface area contributed by atoms with Gasteiger partial charge < -0.3 is 5.32 Å². The second-order valence-electron chi connectivity index (χ2n) is 7.32. The third-order valence-corrected chi connectivity index (χ3v) is 5.64. The van der Waals surface area contributed by atoms with Gasteiger partial charge in [0.15, 0.2) is 0 Å². The zero-order valence-electron chi connectivity index (χ0n) is 12.8. The molecule has 1 aromatic rings. The van der Waals surface area contributed by atoms with Crippen LogP contribution in [0.25, 0.3) is 0 Å². The first-order valence-corrected chi connectivity index (χ1v) is 8.35. The fraction of sp³-hybridized carbons (Fsp3) is 0.812. The van der Waals surface area contributed by atoms with Gasteiger partial charge in [-0.25, -0.2) is 0 Å². The van der Waals surface area contributed by atoms with E-state index in [1.54, 1.807) is 0 Å². The zero-order valence-corrected chi connectivity index (χ0v) is 13.6. The third-order valence-electron chi connectivity index (χ3n) is 4.86. The van der Waals surface area contributed by atoms with Crippen LogP contribution in [-0.4, -0.2) is 18.6 Å². The van der Waals surface area contributed by atoms with Gasteiger partial charge in [0.2, 0.25) is 0 Å². The Balaban J connectivity index is 2.02. The predicted molar refractivity (Wildman–Crippen MR) is 83.6 cm³/mol. The minimum atomic E-state index is 0.461. The average Bonchev–Trinajstić information content (AvgIpc) is 2.81. The average molecular weight is 280 g/mol. The van der Waals surface area contributed by atoms with E-state index in [9.17, 15) is 0 Å². The van der Waals surface area contributed by atoms with Crippen molar-refractivity contribution in [3.05, 3.63) is 16.6 Å². The van der Waals surface area contributed by atoms with Crippen LogP contribution in [0.4, 0.5) is 0 Å². The molecule has 1 saturated carbocycles. The van der Waals surface area contributed by atoms with E-state index >= 15 is 0 Å². The van der Waals surface area contributed by atoms with Crippen molar-refractivity contribution in [1.29, 1.82) is 0 Å². The fourth-order valence-electron chi connectivity index (χ4n) is 3.59. The first-order valence-electron chi connectivity index (χ1n) is 7.47. The van der Waals surface area contributed by atoms with E-state index in [-0.39, 0.29) is 0 Å². The summed E-state index contributed by atoms with van der Waals surface area (Å²) >= 11 is 1.81. The van der Waals surface area contributed by atoms with Crippen LogP contribution in [0.15, 0.2) is 11.7 Å². The quantitative estimate of drug-likeness (QED) is 0.897. The lowest BCUT2D eigenvalue weighted by molar-refractivity contribution is 0.0882. The van der Waals surface area contributed by atoms with Gasteiger partial charge in [0.1, 0.15) is 0 Å². The molecule has 1 heterocycles. The van der Waals surface area contributed by atoms with E-state index in [0.29, 0.717) is 10.8 Å². The topological polar surface area (TPSA) is 24.9 Å². The summed E-state index contributed by atoms with van der Waals surface area (Å²) in [5, 5.41) is 3.43. The standard InChI is InChI=1S/C16H28N2S/c1-15(2,3)13-5-7-16(8-6-13,11-17-4)9-14-10-18-12-19-14/h10,12-13,17H,5-9,11H2,1-4H3. The van der Waals surface area contributed by atoms with Crippen LogP contribution in [0.3, 0.4) is 0 Å². The van der Waals surface area contributed by atoms with Crippen LogP contribution in [-0.2, 0) is 6.42 Å². The Kier molecular flexibility index (Phi) is 4.67. The SMILES string of the molecule is CNCC1(Cc2cncs2)CCC(C(C)(C)C)CC1. The molecule has 0 bridgehead atoms. The summed E-state index contributed by atoms with van der Waals surface area (Å²) < 4.78 is 0. The Hall–Kier alpha value is -0.410. The summed E-state index contributed by atoms with van der Waals surface area (Å²) in [6, 6.07) is 0. The molecule has 0 radical (unpaired) electrons. The zero-order chi connectivity index (χ0) is 13.9. The molecule has 3 heteroatoms. The summed E-state index contributed by atoms with van der Waals surface area (Å²) in [6.07, 6.45) is 8.72. The van der Waals surface area contributed by atoms with Crippen LogP contribution in [0.5, 0.6) is 0 Å². The van der Waals surface area contributed by atoms with Gasteiger partial charge in [-0.05, 0) is 55.9 Å². The summed E-state index contributed by atoms with van der Waals surface area (Å²) in [5.74, 6) is 0.888. The second-order valence-corrected chi connectivity index (χ2v) is 8.29. The highest BCUT2D eigenvalue weighted by Crippen LogP contribution is 2.46. The van der Waals surface area contributed by atoms with Gasteiger partial charge in [-0.1, -0.05) is 20.8 Å². The summed E-state index contributed by atoms with van der Waals surface area (Å²) in [7, 11) is 2.09. The first-order chi connectivity index (χ1) is 8.95. The molecular formula is C16H28N2S. The molecule has 1 N–H and O–H groups in total. The van der Waals surface area contributed by atoms with Crippen LogP contribution in [0.1, 0.15) is 51.3 Å². The molecule has 2 rings (SSSR count). The molecule has 0 spiro atoms. The maximum Gasteiger partial charge on any atom is 0.0794 e. The van der Waals surface area contributed by atoms with Gasteiger partial charge in [0, 0.05) is 17.6 Å². The Morgan fingerprint density at radius 2 is 2.05 bits per heavy atom. The molecule has 0 aliphatic heterocycles. The highest BCUT2D eigenvalue weighted by Gasteiger charge is 2.38. The highest BCUT2D eigenvalue weighted by atomic mass is 32.1. The molecule has 0 unspecified atom stereocenters. The Morgan fingerprint density at radius 3 is 2.53 bits per heavy atom. The lowest BCUT2D eigenvalue weighted by atomic mass is 9.63. The molecule has 1 aromatic heterocycles. The number of aromatic nitrogens is 1. The Bertz CT molecular complexity index is 370. The Morgan fingerprint density at radius 1 is 1.37 bits per heavy atom. The molecule has 0 aromatic carbocycles. The molecule has 2 nitrogen and oxygen atoms in total. The number of hydrogen-bond donors (Lipinski definition) is 1. The number of thiazole rings is 1. The van der Waals surface area contributed by atoms with Crippen molar-refractivity contribution in [2.45, 2.75) is 52.9 Å². The first kappa shape index (κ1) is 15.0. The summed E-state index contributed by atoms with van der Waals surface area (Å²) in [4.78, 5) is 5.68. The largest absolute Gasteiger partial charge is 0.319 e. The van der Waals surface area contributed by atoms with Gasteiger partial charge in [0.05, 0.1) is 5.51 Å². The molecule has 1 fully saturated rings. The molecule has 1 aliphatic carbocycles. The van der Waals surface area contributed by atoms with Crippen molar-refractivity contribution in [3.8, 4) is 0 Å². The molecule has 19 heavy (non-hydrogen) atoms. The minimum absolute atomic E-state index is 0.461. The smallest absolute Gasteiger partial charge is 0.0794 e. The van der Waals surface area contributed by atoms with Crippen LogP contribution in [0.2, 0.25) is 0 Å². The molecule has 108 valence electrons. The van der Waals surface area contributed by atoms with Gasteiger partial charge >= 0.3 is 0 Å². The number of nitrogens with zero attached hydrogens (tertiary/aromatic N) is 1. The van der Waals surface area contributed by atoms with Crippen molar-refractivity contribution in [3.63, 3.8) is 0 Å². The normalized spacial score (nSPS) is 28.5. The predicted octanol–water partition coefficient (Wildman–Crippen LogP) is 4.13. The Labute approximate surface area is 122 Å². The van der Waals surface area contributed by atoms with E-state index in [4.69, 9.17) is 0 Å². The second kappa shape index (κ2) is 5.92. The van der Waals surface area contributed by atoms with Crippen molar-refractivity contribution < 1.29 is 0 Å². The summed E-state index contributed by atoms with van der Waals surface area (Å²) in [6.45, 7) is 8.32. The number of nitrogens with one attached hydrogen (secondary N) is 1. The van der Waals surface area contributed by atoms with Gasteiger partial charge in [-0.2, -0.15) is 0 Å². The molecule has 1 aliphatic rings. The van der Waals surface area contributed by atoms with E-state index in [1.165, 1.54) is 37.0 Å². The van der Waals surface area contributed by atoms with E-state index in [0.717, 1.165) is 12.5 Å². The van der Waals surface area contributed by atoms with Gasteiger partial charge in [-0.15, -0.1) is 11.3 Å². The van der Waals surface area contributed by atoms with Gasteiger partial charge in [0.25, 0.3) is 0 Å². The van der Waals surface area contributed by atoms with Crippen LogP contribution >= 0.6 is 11.3 Å².